The number of nitriles is 1. The van der Waals surface area contributed by atoms with Crippen molar-refractivity contribution >= 4 is 0 Å². The number of nitrogens with two attached hydrogens (primary N) is 1. The minimum absolute atomic E-state index is 0.0896. The van der Waals surface area contributed by atoms with Gasteiger partial charge >= 0.3 is 0 Å². The normalized spacial score (nSPS) is 14.5. The second kappa shape index (κ2) is 9.12. The van der Waals surface area contributed by atoms with Crippen LogP contribution < -0.4 is 15.2 Å². The number of aryl methyl sites for hydroxylation is 1. The first-order valence-corrected chi connectivity index (χ1v) is 10.2. The Hall–Kier alpha value is -3.48. The Bertz CT molecular complexity index is 1100. The average Bonchev–Trinajstić information content (AvgIpc) is 3.21. The third kappa shape index (κ3) is 4.82. The van der Waals surface area contributed by atoms with Gasteiger partial charge in [-0.1, -0.05) is 6.42 Å². The lowest BCUT2D eigenvalue weighted by Crippen LogP contribution is -2.19. The van der Waals surface area contributed by atoms with E-state index in [4.69, 9.17) is 15.2 Å². The molecule has 1 aliphatic rings. The lowest BCUT2D eigenvalue weighted by atomic mass is 9.86. The Morgan fingerprint density at radius 2 is 2.10 bits per heavy atom. The molecule has 9 heteroatoms. The largest absolute Gasteiger partial charge is 0.477 e. The molecule has 1 atom stereocenters. The second-order valence-corrected chi connectivity index (χ2v) is 7.57. The van der Waals surface area contributed by atoms with Gasteiger partial charge in [-0.3, -0.25) is 0 Å². The predicted octanol–water partition coefficient (Wildman–Crippen LogP) is 2.81. The lowest BCUT2D eigenvalue weighted by Gasteiger charge is -2.24. The van der Waals surface area contributed by atoms with Gasteiger partial charge in [-0.05, 0) is 37.8 Å². The molecule has 0 amide bonds. The molecule has 0 aliphatic heterocycles. The summed E-state index contributed by atoms with van der Waals surface area (Å²) in [7, 11) is 0. The number of nitrogens with zero attached hydrogens (tertiary/aromatic N) is 5. The fourth-order valence-electron chi connectivity index (χ4n) is 3.25. The minimum atomic E-state index is -0.809. The van der Waals surface area contributed by atoms with Crippen LogP contribution in [0.3, 0.4) is 0 Å². The molecule has 3 aromatic rings. The Morgan fingerprint density at radius 3 is 2.81 bits per heavy atom. The maximum atomic E-state index is 9.97. The van der Waals surface area contributed by atoms with Crippen LogP contribution in [0.1, 0.15) is 42.3 Å². The highest BCUT2D eigenvalue weighted by atomic mass is 16.5. The van der Waals surface area contributed by atoms with Gasteiger partial charge in [0.1, 0.15) is 11.5 Å². The molecule has 1 aromatic carbocycles. The molecular weight excluding hydrogens is 396 g/mol. The molecule has 2 aromatic heterocycles. The summed E-state index contributed by atoms with van der Waals surface area (Å²) in [5.41, 5.74) is 7.13. The molecule has 0 radical (unpaired) electrons. The maximum Gasteiger partial charge on any atom is 0.226 e. The van der Waals surface area contributed by atoms with Gasteiger partial charge in [-0.15, -0.1) is 0 Å². The van der Waals surface area contributed by atoms with Crippen molar-refractivity contribution in [2.45, 2.75) is 32.3 Å². The fraction of sp³-hybridized carbons (Fsp3) is 0.364. The van der Waals surface area contributed by atoms with Crippen LogP contribution in [0.5, 0.6) is 17.5 Å². The monoisotopic (exact) mass is 420 g/mol. The quantitative estimate of drug-likeness (QED) is 0.568. The first-order chi connectivity index (χ1) is 15.1. The highest BCUT2D eigenvalue weighted by Crippen LogP contribution is 2.31. The van der Waals surface area contributed by atoms with Crippen molar-refractivity contribution in [2.24, 2.45) is 11.7 Å². The third-order valence-electron chi connectivity index (χ3n) is 5.24. The van der Waals surface area contributed by atoms with Gasteiger partial charge < -0.3 is 20.3 Å². The van der Waals surface area contributed by atoms with Crippen LogP contribution in [0.4, 0.5) is 0 Å². The van der Waals surface area contributed by atoms with E-state index in [9.17, 15) is 10.4 Å². The van der Waals surface area contributed by atoms with Crippen molar-refractivity contribution in [1.29, 1.82) is 5.26 Å². The summed E-state index contributed by atoms with van der Waals surface area (Å²) in [6.07, 6.45) is 6.02. The van der Waals surface area contributed by atoms with Crippen LogP contribution in [0.15, 0.2) is 36.7 Å². The molecule has 2 heterocycles. The summed E-state index contributed by atoms with van der Waals surface area (Å²) in [5, 5.41) is 23.6. The topological polar surface area (TPSA) is 132 Å². The number of rotatable bonds is 8. The summed E-state index contributed by atoms with van der Waals surface area (Å²) in [6, 6.07) is 8.75. The maximum absolute atomic E-state index is 9.97. The van der Waals surface area contributed by atoms with Crippen LogP contribution >= 0.6 is 0 Å². The molecule has 9 nitrogen and oxygen atoms in total. The van der Waals surface area contributed by atoms with Crippen LogP contribution in [-0.4, -0.2) is 38.0 Å². The van der Waals surface area contributed by atoms with Crippen molar-refractivity contribution in [2.75, 3.05) is 13.2 Å². The number of benzene rings is 1. The van der Waals surface area contributed by atoms with E-state index in [1.165, 1.54) is 19.3 Å². The van der Waals surface area contributed by atoms with Gasteiger partial charge in [-0.2, -0.15) is 20.3 Å². The summed E-state index contributed by atoms with van der Waals surface area (Å²) in [5.74, 6) is 2.25. The summed E-state index contributed by atoms with van der Waals surface area (Å²) in [6.45, 7) is 2.49. The smallest absolute Gasteiger partial charge is 0.226 e. The van der Waals surface area contributed by atoms with Gasteiger partial charge in [-0.25, -0.2) is 4.68 Å². The van der Waals surface area contributed by atoms with Crippen LogP contribution in [-0.2, 0) is 0 Å². The molecular formula is C22H24N6O3. The number of aliphatic hydroxyl groups is 1. The highest BCUT2D eigenvalue weighted by Gasteiger charge is 2.19. The van der Waals surface area contributed by atoms with E-state index in [0.717, 1.165) is 0 Å². The van der Waals surface area contributed by atoms with Gasteiger partial charge in [0.05, 0.1) is 36.6 Å². The van der Waals surface area contributed by atoms with Crippen molar-refractivity contribution in [3.63, 3.8) is 0 Å². The van der Waals surface area contributed by atoms with Gasteiger partial charge in [0, 0.05) is 24.4 Å². The van der Waals surface area contributed by atoms with E-state index in [1.807, 2.05) is 0 Å². The number of aromatic nitrogens is 4. The predicted molar refractivity (Wildman–Crippen MR) is 112 cm³/mol. The molecule has 31 heavy (non-hydrogen) atoms. The standard InChI is InChI=1S/C22H24N6O3/c1-14-26-21(30-13-15-3-2-4-15)8-22(27-14)31-20-7-16(9-23)5-6-18(20)28-12-17(11-25-28)19(29)10-24/h5-8,11-12,15,19,29H,2-4,10,13,24H2,1H3/t19-/m0/s1. The lowest BCUT2D eigenvalue weighted by molar-refractivity contribution is 0.174. The first-order valence-electron chi connectivity index (χ1n) is 10.2. The fourth-order valence-corrected chi connectivity index (χ4v) is 3.25. The van der Waals surface area contributed by atoms with E-state index in [0.29, 0.717) is 52.7 Å². The summed E-state index contributed by atoms with van der Waals surface area (Å²) < 4.78 is 13.4. The third-order valence-corrected chi connectivity index (χ3v) is 5.24. The van der Waals surface area contributed by atoms with Gasteiger partial charge in [0.15, 0.2) is 5.75 Å². The molecule has 0 spiro atoms. The Morgan fingerprint density at radius 1 is 1.29 bits per heavy atom. The number of hydrogen-bond acceptors (Lipinski definition) is 8. The van der Waals surface area contributed by atoms with Crippen LogP contribution in [0.2, 0.25) is 0 Å². The molecule has 1 fully saturated rings. The van der Waals surface area contributed by atoms with E-state index in [-0.39, 0.29) is 6.54 Å². The van der Waals surface area contributed by atoms with E-state index < -0.39 is 6.10 Å². The molecule has 1 aliphatic carbocycles. The SMILES string of the molecule is Cc1nc(OCC2CCC2)cc(Oc2cc(C#N)ccc2-n2cc([C@@H](O)CN)cn2)n1. The van der Waals surface area contributed by atoms with Crippen molar-refractivity contribution < 1.29 is 14.6 Å². The molecule has 160 valence electrons. The number of hydrogen-bond donors (Lipinski definition) is 2. The molecule has 3 N–H and O–H groups in total. The van der Waals surface area contributed by atoms with Crippen LogP contribution in [0.25, 0.3) is 5.69 Å². The first kappa shape index (κ1) is 20.8. The average molecular weight is 420 g/mol. The molecule has 4 rings (SSSR count). The zero-order valence-electron chi connectivity index (χ0n) is 17.2. The van der Waals surface area contributed by atoms with Crippen LogP contribution in [0, 0.1) is 24.2 Å². The van der Waals surface area contributed by atoms with Gasteiger partial charge in [0.25, 0.3) is 0 Å². The van der Waals surface area contributed by atoms with Gasteiger partial charge in [0.2, 0.25) is 11.8 Å². The Balaban J connectivity index is 1.62. The number of ether oxygens (including phenoxy) is 2. The van der Waals surface area contributed by atoms with Crippen molar-refractivity contribution in [1.82, 2.24) is 19.7 Å². The Kier molecular flexibility index (Phi) is 6.11. The zero-order chi connectivity index (χ0) is 21.8. The Labute approximate surface area is 180 Å². The van der Waals surface area contributed by atoms with E-state index in [2.05, 4.69) is 21.1 Å². The van der Waals surface area contributed by atoms with E-state index >= 15 is 0 Å². The highest BCUT2D eigenvalue weighted by molar-refractivity contribution is 5.52. The molecule has 0 saturated heterocycles. The van der Waals surface area contributed by atoms with E-state index in [1.54, 1.807) is 48.3 Å². The summed E-state index contributed by atoms with van der Waals surface area (Å²) >= 11 is 0. The number of aliphatic hydroxyl groups excluding tert-OH is 1. The van der Waals surface area contributed by atoms with Crippen molar-refractivity contribution in [3.05, 3.63) is 53.6 Å². The van der Waals surface area contributed by atoms with Crippen molar-refractivity contribution in [3.8, 4) is 29.3 Å². The summed E-state index contributed by atoms with van der Waals surface area (Å²) in [4.78, 5) is 8.67. The zero-order valence-corrected chi connectivity index (χ0v) is 17.2. The second-order valence-electron chi connectivity index (χ2n) is 7.57. The molecule has 1 saturated carbocycles. The molecule has 0 bridgehead atoms. The molecule has 0 unspecified atom stereocenters. The minimum Gasteiger partial charge on any atom is -0.477 e.